The molecule has 0 saturated carbocycles. The maximum atomic E-state index is 11.8. The van der Waals surface area contributed by atoms with Gasteiger partial charge in [0.1, 0.15) is 11.5 Å². The van der Waals surface area contributed by atoms with Gasteiger partial charge in [0.15, 0.2) is 6.61 Å². The Labute approximate surface area is 157 Å². The largest absolute Gasteiger partial charge is 0.496 e. The predicted octanol–water partition coefficient (Wildman–Crippen LogP) is 2.20. The molecule has 7 heteroatoms. The lowest BCUT2D eigenvalue weighted by atomic mass is 10.1. The number of rotatable bonds is 9. The summed E-state index contributed by atoms with van der Waals surface area (Å²) in [5.74, 6) is 0.680. The summed E-state index contributed by atoms with van der Waals surface area (Å²) in [7, 11) is 1.61. The third-order valence-corrected chi connectivity index (χ3v) is 3.79. The minimum atomic E-state index is -0.375. The van der Waals surface area contributed by atoms with Gasteiger partial charge in [-0.1, -0.05) is 29.8 Å². The van der Waals surface area contributed by atoms with Crippen LogP contribution in [0, 0.1) is 0 Å². The number of para-hydroxylation sites is 1. The normalized spacial score (nSPS) is 10.1. The molecule has 2 N–H and O–H groups in total. The maximum Gasteiger partial charge on any atom is 0.258 e. The zero-order valence-electron chi connectivity index (χ0n) is 14.5. The highest BCUT2D eigenvalue weighted by atomic mass is 35.5. The fourth-order valence-corrected chi connectivity index (χ4v) is 2.34. The van der Waals surface area contributed by atoms with E-state index >= 15 is 0 Å². The van der Waals surface area contributed by atoms with Crippen molar-refractivity contribution in [3.8, 4) is 11.5 Å². The van der Waals surface area contributed by atoms with E-state index in [4.69, 9.17) is 21.1 Å². The summed E-state index contributed by atoms with van der Waals surface area (Å²) in [6, 6.07) is 14.3. The van der Waals surface area contributed by atoms with E-state index in [2.05, 4.69) is 10.6 Å². The lowest BCUT2D eigenvalue weighted by molar-refractivity contribution is -0.127. The van der Waals surface area contributed by atoms with Crippen LogP contribution >= 0.6 is 11.6 Å². The first-order valence-electron chi connectivity index (χ1n) is 8.12. The number of amides is 2. The van der Waals surface area contributed by atoms with Crippen LogP contribution in [0.5, 0.6) is 11.5 Å². The van der Waals surface area contributed by atoms with E-state index in [9.17, 15) is 9.59 Å². The summed E-state index contributed by atoms with van der Waals surface area (Å²) >= 11 is 5.77. The van der Waals surface area contributed by atoms with Gasteiger partial charge in [-0.2, -0.15) is 0 Å². The molecule has 0 radical (unpaired) electrons. The van der Waals surface area contributed by atoms with Crippen LogP contribution in [-0.2, 0) is 16.0 Å². The molecule has 0 aliphatic carbocycles. The summed E-state index contributed by atoms with van der Waals surface area (Å²) in [4.78, 5) is 23.5. The number of hydrogen-bond donors (Lipinski definition) is 2. The van der Waals surface area contributed by atoms with Gasteiger partial charge in [0.25, 0.3) is 5.91 Å². The van der Waals surface area contributed by atoms with E-state index < -0.39 is 0 Å². The highest BCUT2D eigenvalue weighted by Crippen LogP contribution is 2.17. The number of methoxy groups -OCH3 is 1. The molecule has 0 unspecified atom stereocenters. The third-order valence-electron chi connectivity index (χ3n) is 3.54. The molecular formula is C19H21ClN2O4. The molecule has 2 rings (SSSR count). The number of hydrogen-bond acceptors (Lipinski definition) is 4. The Kier molecular flexibility index (Phi) is 7.76. The average molecular weight is 377 g/mol. The summed E-state index contributed by atoms with van der Waals surface area (Å²) in [5, 5.41) is 5.85. The minimum Gasteiger partial charge on any atom is -0.496 e. The zero-order chi connectivity index (χ0) is 18.8. The van der Waals surface area contributed by atoms with E-state index in [1.165, 1.54) is 0 Å². The maximum absolute atomic E-state index is 11.8. The first-order valence-corrected chi connectivity index (χ1v) is 8.50. The Morgan fingerprint density at radius 3 is 2.46 bits per heavy atom. The van der Waals surface area contributed by atoms with Gasteiger partial charge in [-0.15, -0.1) is 0 Å². The second kappa shape index (κ2) is 10.3. The second-order valence-corrected chi connectivity index (χ2v) is 5.87. The van der Waals surface area contributed by atoms with Crippen molar-refractivity contribution >= 4 is 23.4 Å². The molecule has 0 atom stereocenters. The quantitative estimate of drug-likeness (QED) is 0.703. The molecule has 2 amide bonds. The van der Waals surface area contributed by atoms with Gasteiger partial charge in [0.05, 0.1) is 13.7 Å². The molecule has 0 fully saturated rings. The fourth-order valence-electron chi connectivity index (χ4n) is 2.22. The van der Waals surface area contributed by atoms with Crippen LogP contribution in [0.3, 0.4) is 0 Å². The SMILES string of the molecule is COc1ccccc1CCNC(=O)CNC(=O)COc1ccc(Cl)cc1. The van der Waals surface area contributed by atoms with Crippen LogP contribution in [0.2, 0.25) is 5.02 Å². The Morgan fingerprint density at radius 2 is 1.73 bits per heavy atom. The number of nitrogens with one attached hydrogen (secondary N) is 2. The van der Waals surface area contributed by atoms with E-state index in [0.29, 0.717) is 23.7 Å². The first-order chi connectivity index (χ1) is 12.6. The molecule has 0 aliphatic heterocycles. The lowest BCUT2D eigenvalue weighted by Gasteiger charge is -2.10. The van der Waals surface area contributed by atoms with Crippen molar-refractivity contribution in [1.29, 1.82) is 0 Å². The highest BCUT2D eigenvalue weighted by Gasteiger charge is 2.07. The van der Waals surface area contributed by atoms with Crippen molar-refractivity contribution in [3.05, 3.63) is 59.1 Å². The number of carbonyl (C=O) groups excluding carboxylic acids is 2. The Morgan fingerprint density at radius 1 is 1.00 bits per heavy atom. The summed E-state index contributed by atoms with van der Waals surface area (Å²) in [6.07, 6.45) is 0.642. The molecule has 6 nitrogen and oxygen atoms in total. The van der Waals surface area contributed by atoms with E-state index in [-0.39, 0.29) is 25.0 Å². The van der Waals surface area contributed by atoms with Crippen LogP contribution < -0.4 is 20.1 Å². The molecule has 26 heavy (non-hydrogen) atoms. The molecule has 2 aromatic carbocycles. The molecule has 0 heterocycles. The average Bonchev–Trinajstić information content (AvgIpc) is 2.66. The molecule has 2 aromatic rings. The predicted molar refractivity (Wildman–Crippen MR) is 99.7 cm³/mol. The Bertz CT molecular complexity index is 735. The van der Waals surface area contributed by atoms with Crippen molar-refractivity contribution < 1.29 is 19.1 Å². The standard InChI is InChI=1S/C19H21ClN2O4/c1-25-17-5-3-2-4-14(17)10-11-21-18(23)12-22-19(24)13-26-16-8-6-15(20)7-9-16/h2-9H,10-13H2,1H3,(H,21,23)(H,22,24). The molecule has 138 valence electrons. The van der Waals surface area contributed by atoms with Crippen molar-refractivity contribution in [3.63, 3.8) is 0 Å². The van der Waals surface area contributed by atoms with Crippen LogP contribution in [0.15, 0.2) is 48.5 Å². The van der Waals surface area contributed by atoms with Crippen molar-refractivity contribution in [2.45, 2.75) is 6.42 Å². The molecule has 0 saturated heterocycles. The highest BCUT2D eigenvalue weighted by molar-refractivity contribution is 6.30. The third kappa shape index (κ3) is 6.64. The molecular weight excluding hydrogens is 356 g/mol. The van der Waals surface area contributed by atoms with Gasteiger partial charge >= 0.3 is 0 Å². The van der Waals surface area contributed by atoms with Gasteiger partial charge in [-0.05, 0) is 42.3 Å². The number of ether oxygens (including phenoxy) is 2. The first kappa shape index (κ1) is 19.6. The van der Waals surface area contributed by atoms with Crippen molar-refractivity contribution in [2.75, 3.05) is 26.8 Å². The van der Waals surface area contributed by atoms with Gasteiger partial charge in [-0.25, -0.2) is 0 Å². The van der Waals surface area contributed by atoms with Crippen molar-refractivity contribution in [2.24, 2.45) is 0 Å². The molecule has 0 spiro atoms. The summed E-state index contributed by atoms with van der Waals surface area (Å²) < 4.78 is 10.6. The van der Waals surface area contributed by atoms with E-state index in [1.807, 2.05) is 24.3 Å². The van der Waals surface area contributed by atoms with Gasteiger partial charge < -0.3 is 20.1 Å². The van der Waals surface area contributed by atoms with E-state index in [1.54, 1.807) is 31.4 Å². The smallest absolute Gasteiger partial charge is 0.258 e. The van der Waals surface area contributed by atoms with Crippen molar-refractivity contribution in [1.82, 2.24) is 10.6 Å². The summed E-state index contributed by atoms with van der Waals surface area (Å²) in [6.45, 7) is 0.182. The van der Waals surface area contributed by atoms with Crippen LogP contribution in [0.1, 0.15) is 5.56 Å². The Hall–Kier alpha value is -2.73. The zero-order valence-corrected chi connectivity index (χ0v) is 15.2. The fraction of sp³-hybridized carbons (Fsp3) is 0.263. The molecule has 0 aromatic heterocycles. The van der Waals surface area contributed by atoms with E-state index in [0.717, 1.165) is 11.3 Å². The second-order valence-electron chi connectivity index (χ2n) is 5.43. The van der Waals surface area contributed by atoms with Gasteiger partial charge in [0, 0.05) is 11.6 Å². The number of benzene rings is 2. The monoisotopic (exact) mass is 376 g/mol. The van der Waals surface area contributed by atoms with Gasteiger partial charge in [0.2, 0.25) is 5.91 Å². The molecule has 0 aliphatic rings. The molecule has 0 bridgehead atoms. The van der Waals surface area contributed by atoms with Crippen LogP contribution in [0.25, 0.3) is 0 Å². The van der Waals surface area contributed by atoms with Crippen LogP contribution in [0.4, 0.5) is 0 Å². The number of halogens is 1. The van der Waals surface area contributed by atoms with Gasteiger partial charge in [-0.3, -0.25) is 9.59 Å². The minimum absolute atomic E-state index is 0.102. The Balaban J connectivity index is 1.63. The number of carbonyl (C=O) groups is 2. The van der Waals surface area contributed by atoms with Crippen LogP contribution in [-0.4, -0.2) is 38.6 Å². The topological polar surface area (TPSA) is 76.7 Å². The lowest BCUT2D eigenvalue weighted by Crippen LogP contribution is -2.39. The summed E-state index contributed by atoms with van der Waals surface area (Å²) in [5.41, 5.74) is 1.01.